The predicted octanol–water partition coefficient (Wildman–Crippen LogP) is 1.94. The Balaban J connectivity index is 1.58. The molecule has 0 spiro atoms. The van der Waals surface area contributed by atoms with E-state index < -0.39 is 0 Å². The average molecular weight is 325 g/mol. The first kappa shape index (κ1) is 16.3. The lowest BCUT2D eigenvalue weighted by molar-refractivity contribution is -0.130. The van der Waals surface area contributed by atoms with E-state index in [0.717, 1.165) is 12.0 Å². The van der Waals surface area contributed by atoms with Crippen molar-refractivity contribution in [3.63, 3.8) is 0 Å². The second-order valence-electron chi connectivity index (χ2n) is 6.25. The fourth-order valence-electron chi connectivity index (χ4n) is 3.09. The Kier molecular flexibility index (Phi) is 4.99. The van der Waals surface area contributed by atoms with Gasteiger partial charge in [0.1, 0.15) is 0 Å². The Bertz CT molecular complexity index is 708. The molecule has 0 atom stereocenters. The zero-order valence-electron chi connectivity index (χ0n) is 14.0. The van der Waals surface area contributed by atoms with E-state index in [0.29, 0.717) is 38.2 Å². The fourth-order valence-corrected chi connectivity index (χ4v) is 3.09. The minimum Gasteiger partial charge on any atom is -0.357 e. The van der Waals surface area contributed by atoms with Gasteiger partial charge in [-0.15, -0.1) is 0 Å². The van der Waals surface area contributed by atoms with Gasteiger partial charge >= 0.3 is 0 Å². The molecule has 5 nitrogen and oxygen atoms in total. The van der Waals surface area contributed by atoms with Gasteiger partial charge in [0.25, 0.3) is 5.91 Å². The number of benzene rings is 1. The molecule has 1 saturated heterocycles. The molecule has 1 aromatic carbocycles. The summed E-state index contributed by atoms with van der Waals surface area (Å²) in [5, 5.41) is 0. The predicted molar refractivity (Wildman–Crippen MR) is 92.7 cm³/mol. The van der Waals surface area contributed by atoms with E-state index in [4.69, 9.17) is 0 Å². The monoisotopic (exact) mass is 325 g/mol. The Morgan fingerprint density at radius 2 is 1.67 bits per heavy atom. The highest BCUT2D eigenvalue weighted by atomic mass is 16.2. The lowest BCUT2D eigenvalue weighted by Crippen LogP contribution is -2.37. The van der Waals surface area contributed by atoms with Crippen molar-refractivity contribution in [3.05, 3.63) is 59.9 Å². The lowest BCUT2D eigenvalue weighted by Gasteiger charge is -2.22. The third-order valence-corrected chi connectivity index (χ3v) is 4.41. The molecule has 2 amide bonds. The molecule has 2 heterocycles. The molecular formula is C19H23N3O2. The minimum absolute atomic E-state index is 0.0490. The third-order valence-electron chi connectivity index (χ3n) is 4.41. The van der Waals surface area contributed by atoms with E-state index in [-0.39, 0.29) is 11.8 Å². The molecule has 3 rings (SSSR count). The first-order chi connectivity index (χ1) is 11.6. The maximum atomic E-state index is 12.5. The molecule has 126 valence electrons. The summed E-state index contributed by atoms with van der Waals surface area (Å²) in [6.45, 7) is 2.60. The van der Waals surface area contributed by atoms with E-state index in [2.05, 4.69) is 0 Å². The average Bonchev–Trinajstić information content (AvgIpc) is 2.86. The summed E-state index contributed by atoms with van der Waals surface area (Å²) < 4.78 is 1.95. The molecule has 0 radical (unpaired) electrons. The van der Waals surface area contributed by atoms with Gasteiger partial charge in [0, 0.05) is 51.2 Å². The van der Waals surface area contributed by atoms with E-state index >= 15 is 0 Å². The van der Waals surface area contributed by atoms with Crippen LogP contribution in [0.5, 0.6) is 0 Å². The molecule has 1 fully saturated rings. The largest absolute Gasteiger partial charge is 0.357 e. The maximum Gasteiger partial charge on any atom is 0.253 e. The summed E-state index contributed by atoms with van der Waals surface area (Å²) >= 11 is 0. The van der Waals surface area contributed by atoms with Crippen LogP contribution in [0, 0.1) is 0 Å². The van der Waals surface area contributed by atoms with Crippen molar-refractivity contribution < 1.29 is 9.59 Å². The van der Waals surface area contributed by atoms with Gasteiger partial charge in [0.15, 0.2) is 0 Å². The Hall–Kier alpha value is -2.56. The van der Waals surface area contributed by atoms with Crippen LogP contribution in [0.2, 0.25) is 0 Å². The lowest BCUT2D eigenvalue weighted by atomic mass is 10.2. The quantitative estimate of drug-likeness (QED) is 0.866. The zero-order chi connectivity index (χ0) is 16.9. The zero-order valence-corrected chi connectivity index (χ0v) is 14.0. The van der Waals surface area contributed by atoms with E-state index in [1.165, 1.54) is 0 Å². The molecule has 24 heavy (non-hydrogen) atoms. The van der Waals surface area contributed by atoms with Crippen LogP contribution in [0.1, 0.15) is 22.3 Å². The number of aromatic nitrogens is 1. The Labute approximate surface area is 142 Å². The summed E-state index contributed by atoms with van der Waals surface area (Å²) in [7, 11) is 1.95. The molecule has 2 aromatic rings. The summed E-state index contributed by atoms with van der Waals surface area (Å²) in [6.07, 6.45) is 5.17. The summed E-state index contributed by atoms with van der Waals surface area (Å²) in [5.74, 6) is 0.183. The molecule has 0 bridgehead atoms. The molecule has 0 saturated carbocycles. The highest BCUT2D eigenvalue weighted by Gasteiger charge is 2.22. The van der Waals surface area contributed by atoms with E-state index in [1.54, 1.807) is 0 Å². The van der Waals surface area contributed by atoms with Crippen LogP contribution in [0.4, 0.5) is 0 Å². The van der Waals surface area contributed by atoms with E-state index in [9.17, 15) is 9.59 Å². The topological polar surface area (TPSA) is 45.6 Å². The molecule has 0 unspecified atom stereocenters. The van der Waals surface area contributed by atoms with Gasteiger partial charge in [0.2, 0.25) is 5.91 Å². The van der Waals surface area contributed by atoms with Crippen molar-refractivity contribution in [2.45, 2.75) is 12.8 Å². The van der Waals surface area contributed by atoms with Crippen LogP contribution in [0.25, 0.3) is 0 Å². The first-order valence-corrected chi connectivity index (χ1v) is 8.36. The van der Waals surface area contributed by atoms with Gasteiger partial charge in [-0.2, -0.15) is 0 Å². The minimum atomic E-state index is 0.0490. The van der Waals surface area contributed by atoms with Crippen LogP contribution in [0.15, 0.2) is 48.8 Å². The second kappa shape index (κ2) is 7.34. The number of nitrogens with zero attached hydrogens (tertiary/aromatic N) is 3. The standard InChI is InChI=1S/C19H23N3O2/c1-20-11-8-16(15-20)14-18(23)21-9-5-10-22(13-12-21)19(24)17-6-3-2-4-7-17/h2-4,6-8,11,15H,5,9-10,12-14H2,1H3. The fraction of sp³-hybridized carbons (Fsp3) is 0.368. The third kappa shape index (κ3) is 3.85. The van der Waals surface area contributed by atoms with Crippen molar-refractivity contribution in [2.75, 3.05) is 26.2 Å². The van der Waals surface area contributed by atoms with Gasteiger partial charge in [-0.05, 0) is 30.2 Å². The van der Waals surface area contributed by atoms with Crippen molar-refractivity contribution in [3.8, 4) is 0 Å². The summed E-state index contributed by atoms with van der Waals surface area (Å²) in [4.78, 5) is 28.8. The molecule has 1 aliphatic rings. The number of carbonyl (C=O) groups excluding carboxylic acids is 2. The van der Waals surface area contributed by atoms with Crippen LogP contribution < -0.4 is 0 Å². The van der Waals surface area contributed by atoms with Crippen molar-refractivity contribution in [1.82, 2.24) is 14.4 Å². The number of rotatable bonds is 3. The van der Waals surface area contributed by atoms with Crippen molar-refractivity contribution >= 4 is 11.8 Å². The highest BCUT2D eigenvalue weighted by Crippen LogP contribution is 2.11. The second-order valence-corrected chi connectivity index (χ2v) is 6.25. The maximum absolute atomic E-state index is 12.5. The number of carbonyl (C=O) groups is 2. The first-order valence-electron chi connectivity index (χ1n) is 8.36. The molecule has 0 N–H and O–H groups in total. The van der Waals surface area contributed by atoms with Crippen LogP contribution in [0.3, 0.4) is 0 Å². The molecule has 0 aliphatic carbocycles. The Morgan fingerprint density at radius 3 is 2.38 bits per heavy atom. The number of hydrogen-bond donors (Lipinski definition) is 0. The summed E-state index contributed by atoms with van der Waals surface area (Å²) in [6, 6.07) is 11.3. The number of hydrogen-bond acceptors (Lipinski definition) is 2. The smallest absolute Gasteiger partial charge is 0.253 e. The van der Waals surface area contributed by atoms with Gasteiger partial charge in [0.05, 0.1) is 6.42 Å². The van der Waals surface area contributed by atoms with E-state index in [1.807, 2.05) is 70.2 Å². The number of amides is 2. The summed E-state index contributed by atoms with van der Waals surface area (Å²) in [5.41, 5.74) is 1.74. The van der Waals surface area contributed by atoms with Gasteiger partial charge < -0.3 is 14.4 Å². The van der Waals surface area contributed by atoms with Crippen molar-refractivity contribution in [2.24, 2.45) is 7.05 Å². The van der Waals surface area contributed by atoms with Crippen LogP contribution in [-0.4, -0.2) is 52.4 Å². The normalized spacial score (nSPS) is 15.2. The van der Waals surface area contributed by atoms with Crippen LogP contribution >= 0.6 is 0 Å². The highest BCUT2D eigenvalue weighted by molar-refractivity contribution is 5.94. The van der Waals surface area contributed by atoms with Gasteiger partial charge in [-0.3, -0.25) is 9.59 Å². The van der Waals surface area contributed by atoms with Gasteiger partial charge in [-0.25, -0.2) is 0 Å². The SMILES string of the molecule is Cn1ccc(CC(=O)N2CCCN(C(=O)c3ccccc3)CC2)c1. The molecule has 1 aliphatic heterocycles. The molecule has 1 aromatic heterocycles. The Morgan fingerprint density at radius 1 is 0.958 bits per heavy atom. The molecule has 5 heteroatoms. The molecular weight excluding hydrogens is 302 g/mol. The van der Waals surface area contributed by atoms with Crippen molar-refractivity contribution in [1.29, 1.82) is 0 Å². The number of aryl methyl sites for hydroxylation is 1. The van der Waals surface area contributed by atoms with Gasteiger partial charge in [-0.1, -0.05) is 18.2 Å². The van der Waals surface area contributed by atoms with Crippen LogP contribution in [-0.2, 0) is 18.3 Å².